The van der Waals surface area contributed by atoms with Crippen LogP contribution in [0.15, 0.2) is 41.4 Å². The summed E-state index contributed by atoms with van der Waals surface area (Å²) < 4.78 is 1.14. The zero-order valence-corrected chi connectivity index (χ0v) is 12.2. The second kappa shape index (κ2) is 8.48. The van der Waals surface area contributed by atoms with Crippen LogP contribution in [0.3, 0.4) is 0 Å². The quantitative estimate of drug-likeness (QED) is 0.499. The van der Waals surface area contributed by atoms with Crippen molar-refractivity contribution in [2.24, 2.45) is 0 Å². The topological polar surface area (TPSA) is 3.24 Å². The van der Waals surface area contributed by atoms with Crippen molar-refractivity contribution in [3.8, 4) is 0 Å². The SMILES string of the molecule is C=CCN(CCCCC)Cc1ccc(Br)cc1. The van der Waals surface area contributed by atoms with Crippen LogP contribution in [0.1, 0.15) is 31.7 Å². The van der Waals surface area contributed by atoms with Gasteiger partial charge in [0.25, 0.3) is 0 Å². The summed E-state index contributed by atoms with van der Waals surface area (Å²) in [7, 11) is 0. The molecule has 0 aliphatic carbocycles. The molecule has 1 nitrogen and oxygen atoms in total. The Morgan fingerprint density at radius 1 is 1.24 bits per heavy atom. The van der Waals surface area contributed by atoms with E-state index in [4.69, 9.17) is 0 Å². The van der Waals surface area contributed by atoms with Gasteiger partial charge >= 0.3 is 0 Å². The number of benzene rings is 1. The fraction of sp³-hybridized carbons (Fsp3) is 0.467. The third-order valence-corrected chi connectivity index (χ3v) is 3.31. The third kappa shape index (κ3) is 6.04. The van der Waals surface area contributed by atoms with Crippen molar-refractivity contribution in [2.45, 2.75) is 32.7 Å². The van der Waals surface area contributed by atoms with Crippen LogP contribution in [0, 0.1) is 0 Å². The highest BCUT2D eigenvalue weighted by molar-refractivity contribution is 9.10. The Balaban J connectivity index is 2.47. The molecule has 0 saturated heterocycles. The molecule has 1 aromatic carbocycles. The molecule has 0 unspecified atom stereocenters. The number of halogens is 1. The van der Waals surface area contributed by atoms with Crippen LogP contribution >= 0.6 is 15.9 Å². The summed E-state index contributed by atoms with van der Waals surface area (Å²) in [6, 6.07) is 8.57. The Kier molecular flexibility index (Phi) is 7.22. The molecule has 0 amide bonds. The minimum Gasteiger partial charge on any atom is -0.295 e. The highest BCUT2D eigenvalue weighted by atomic mass is 79.9. The fourth-order valence-corrected chi connectivity index (χ4v) is 2.12. The molecule has 0 radical (unpaired) electrons. The van der Waals surface area contributed by atoms with Crippen LogP contribution in [0.5, 0.6) is 0 Å². The first-order valence-corrected chi connectivity index (χ1v) is 7.13. The van der Waals surface area contributed by atoms with E-state index < -0.39 is 0 Å². The zero-order valence-electron chi connectivity index (χ0n) is 10.7. The molecule has 2 heteroatoms. The van der Waals surface area contributed by atoms with E-state index in [0.29, 0.717) is 0 Å². The number of nitrogens with zero attached hydrogens (tertiary/aromatic N) is 1. The van der Waals surface area contributed by atoms with Gasteiger partial charge < -0.3 is 0 Å². The highest BCUT2D eigenvalue weighted by Gasteiger charge is 2.03. The Morgan fingerprint density at radius 3 is 2.53 bits per heavy atom. The van der Waals surface area contributed by atoms with Gasteiger partial charge in [-0.3, -0.25) is 4.90 Å². The summed E-state index contributed by atoms with van der Waals surface area (Å²) in [5.41, 5.74) is 1.37. The van der Waals surface area contributed by atoms with Crippen molar-refractivity contribution < 1.29 is 0 Å². The molecule has 0 bridgehead atoms. The average molecular weight is 296 g/mol. The first-order valence-electron chi connectivity index (χ1n) is 6.34. The van der Waals surface area contributed by atoms with Crippen LogP contribution in [0.25, 0.3) is 0 Å². The minimum absolute atomic E-state index is 0.972. The maximum atomic E-state index is 3.84. The van der Waals surface area contributed by atoms with Crippen LogP contribution in [0.4, 0.5) is 0 Å². The summed E-state index contributed by atoms with van der Waals surface area (Å²) in [6.45, 7) is 9.23. The average Bonchev–Trinajstić information content (AvgIpc) is 2.32. The van der Waals surface area contributed by atoms with Gasteiger partial charge in [-0.2, -0.15) is 0 Å². The van der Waals surface area contributed by atoms with Gasteiger partial charge in [0.15, 0.2) is 0 Å². The summed E-state index contributed by atoms with van der Waals surface area (Å²) in [6.07, 6.45) is 5.86. The summed E-state index contributed by atoms with van der Waals surface area (Å²) >= 11 is 3.46. The molecular weight excluding hydrogens is 274 g/mol. The summed E-state index contributed by atoms with van der Waals surface area (Å²) in [4.78, 5) is 2.45. The maximum absolute atomic E-state index is 3.84. The molecule has 0 aromatic heterocycles. The molecule has 0 fully saturated rings. The van der Waals surface area contributed by atoms with E-state index in [2.05, 4.69) is 58.6 Å². The van der Waals surface area contributed by atoms with Gasteiger partial charge in [-0.1, -0.05) is 53.9 Å². The van der Waals surface area contributed by atoms with Gasteiger partial charge in [-0.15, -0.1) is 6.58 Å². The smallest absolute Gasteiger partial charge is 0.0237 e. The van der Waals surface area contributed by atoms with E-state index in [1.165, 1.54) is 24.8 Å². The second-order valence-corrected chi connectivity index (χ2v) is 5.27. The van der Waals surface area contributed by atoms with Crippen molar-refractivity contribution in [1.82, 2.24) is 4.90 Å². The van der Waals surface area contributed by atoms with Crippen molar-refractivity contribution >= 4 is 15.9 Å². The molecule has 1 aromatic rings. The molecule has 94 valence electrons. The lowest BCUT2D eigenvalue weighted by Gasteiger charge is -2.20. The maximum Gasteiger partial charge on any atom is 0.0237 e. The lowest BCUT2D eigenvalue weighted by atomic mass is 10.2. The molecule has 17 heavy (non-hydrogen) atoms. The first-order chi connectivity index (χ1) is 8.26. The van der Waals surface area contributed by atoms with Gasteiger partial charge in [0.05, 0.1) is 0 Å². The molecule has 0 saturated carbocycles. The van der Waals surface area contributed by atoms with Gasteiger partial charge in [0.2, 0.25) is 0 Å². The van der Waals surface area contributed by atoms with Crippen LogP contribution < -0.4 is 0 Å². The summed E-state index contributed by atoms with van der Waals surface area (Å²) in [5.74, 6) is 0. The van der Waals surface area contributed by atoms with Gasteiger partial charge in [-0.05, 0) is 30.7 Å². The normalized spacial score (nSPS) is 10.8. The van der Waals surface area contributed by atoms with Crippen molar-refractivity contribution in [3.63, 3.8) is 0 Å². The molecule has 1 rings (SSSR count). The van der Waals surface area contributed by atoms with Crippen LogP contribution in [-0.4, -0.2) is 18.0 Å². The standard InChI is InChI=1S/C15H22BrN/c1-3-5-6-12-17(11-4-2)13-14-7-9-15(16)10-8-14/h4,7-10H,2-3,5-6,11-13H2,1H3. The predicted octanol–water partition coefficient (Wildman–Crippen LogP) is 4.63. The van der Waals surface area contributed by atoms with E-state index in [1.807, 2.05) is 6.08 Å². The Bertz CT molecular complexity index is 318. The second-order valence-electron chi connectivity index (χ2n) is 4.36. The monoisotopic (exact) mass is 295 g/mol. The molecule has 0 aliphatic rings. The Morgan fingerprint density at radius 2 is 1.94 bits per heavy atom. The highest BCUT2D eigenvalue weighted by Crippen LogP contribution is 2.12. The lowest BCUT2D eigenvalue weighted by Crippen LogP contribution is -2.24. The lowest BCUT2D eigenvalue weighted by molar-refractivity contribution is 0.287. The van der Waals surface area contributed by atoms with Gasteiger partial charge in [-0.25, -0.2) is 0 Å². The zero-order chi connectivity index (χ0) is 12.5. The van der Waals surface area contributed by atoms with E-state index in [9.17, 15) is 0 Å². The number of hydrogen-bond donors (Lipinski definition) is 0. The number of hydrogen-bond acceptors (Lipinski definition) is 1. The van der Waals surface area contributed by atoms with E-state index in [0.717, 1.165) is 24.1 Å². The Labute approximate surface area is 114 Å². The molecule has 0 aliphatic heterocycles. The van der Waals surface area contributed by atoms with Crippen molar-refractivity contribution in [3.05, 3.63) is 47.0 Å². The predicted molar refractivity (Wildman–Crippen MR) is 79.1 cm³/mol. The largest absolute Gasteiger partial charge is 0.295 e. The first kappa shape index (κ1) is 14.5. The molecule has 0 N–H and O–H groups in total. The summed E-state index contributed by atoms with van der Waals surface area (Å²) in [5, 5.41) is 0. The third-order valence-electron chi connectivity index (χ3n) is 2.78. The van der Waals surface area contributed by atoms with Gasteiger partial charge in [0.1, 0.15) is 0 Å². The van der Waals surface area contributed by atoms with E-state index in [-0.39, 0.29) is 0 Å². The molecular formula is C15H22BrN. The Hall–Kier alpha value is -0.600. The molecule has 0 heterocycles. The minimum atomic E-state index is 0.972. The molecule has 0 atom stereocenters. The van der Waals surface area contributed by atoms with Crippen LogP contribution in [-0.2, 0) is 6.54 Å². The van der Waals surface area contributed by atoms with E-state index >= 15 is 0 Å². The number of rotatable bonds is 8. The van der Waals surface area contributed by atoms with Crippen LogP contribution in [0.2, 0.25) is 0 Å². The van der Waals surface area contributed by atoms with E-state index in [1.54, 1.807) is 0 Å². The van der Waals surface area contributed by atoms with Crippen molar-refractivity contribution in [1.29, 1.82) is 0 Å². The van der Waals surface area contributed by atoms with Crippen molar-refractivity contribution in [2.75, 3.05) is 13.1 Å². The number of unbranched alkanes of at least 4 members (excludes halogenated alkanes) is 2. The van der Waals surface area contributed by atoms with Gasteiger partial charge in [0, 0.05) is 17.6 Å². The fourth-order valence-electron chi connectivity index (χ4n) is 1.85. The molecule has 0 spiro atoms.